The zero-order valence-electron chi connectivity index (χ0n) is 18.9. The third-order valence-electron chi connectivity index (χ3n) is 4.12. The van der Waals surface area contributed by atoms with Gasteiger partial charge in [-0.3, -0.25) is 0 Å². The maximum atomic E-state index is 2.38. The van der Waals surface area contributed by atoms with E-state index in [0.29, 0.717) is 20.4 Å². The van der Waals surface area contributed by atoms with Crippen LogP contribution in [0.4, 0.5) is 0 Å². The van der Waals surface area contributed by atoms with Gasteiger partial charge in [-0.25, -0.2) is 0 Å². The SMILES string of the molecule is CC(C)[CH2][Al]([CH2]C(C)C)[CH2]C(C)C.CCC[CH2][Mg][CH2]CCC.O.O.[C]. The lowest BCUT2D eigenvalue weighted by Crippen LogP contribution is -2.19. The second kappa shape index (κ2) is 27.4. The van der Waals surface area contributed by atoms with Crippen molar-refractivity contribution in [3.05, 3.63) is 7.43 Å². The maximum absolute atomic E-state index is 2.38. The first-order valence-electron chi connectivity index (χ1n) is 10.3. The smallest absolute Gasteiger partial charge is 0.364 e. The molecule has 2 nitrogen and oxygen atoms in total. The third-order valence-corrected chi connectivity index (χ3v) is 10.9. The normalized spacial score (nSPS) is 9.40. The van der Waals surface area contributed by atoms with Crippen LogP contribution < -0.4 is 0 Å². The molecule has 0 unspecified atom stereocenters. The Balaban J connectivity index is -0.0000001000. The molecule has 4 heteroatoms. The Morgan fingerprint density at radius 1 is 0.640 bits per heavy atom. The fraction of sp³-hybridized carbons (Fsp3) is 0.952. The van der Waals surface area contributed by atoms with E-state index >= 15 is 0 Å². The molecule has 0 amide bonds. The van der Waals surface area contributed by atoms with E-state index in [1.165, 1.54) is 25.7 Å². The molecule has 0 saturated heterocycles. The van der Waals surface area contributed by atoms with Crippen LogP contribution in [0, 0.1) is 25.2 Å². The highest BCUT2D eigenvalue weighted by Gasteiger charge is 2.20. The van der Waals surface area contributed by atoms with Crippen molar-refractivity contribution in [1.29, 1.82) is 0 Å². The molecule has 25 heavy (non-hydrogen) atoms. The van der Waals surface area contributed by atoms with E-state index in [2.05, 4.69) is 55.4 Å². The Labute approximate surface area is 176 Å². The van der Waals surface area contributed by atoms with Crippen LogP contribution in [0.25, 0.3) is 0 Å². The minimum Gasteiger partial charge on any atom is -0.412 e. The molecule has 0 aromatic carbocycles. The molecule has 0 rings (SSSR count). The van der Waals surface area contributed by atoms with E-state index in [4.69, 9.17) is 0 Å². The zero-order valence-corrected chi connectivity index (χ0v) is 21.4. The van der Waals surface area contributed by atoms with E-state index in [-0.39, 0.29) is 18.4 Å². The summed E-state index contributed by atoms with van der Waals surface area (Å²) in [5.74, 6) is 2.78. The highest BCUT2D eigenvalue weighted by molar-refractivity contribution is 6.58. The van der Waals surface area contributed by atoms with Gasteiger partial charge in [0.1, 0.15) is 0 Å². The second-order valence-electron chi connectivity index (χ2n) is 8.52. The largest absolute Gasteiger partial charge is 0.412 e. The first kappa shape index (κ1) is 37.0. The van der Waals surface area contributed by atoms with Crippen molar-refractivity contribution in [1.82, 2.24) is 0 Å². The Morgan fingerprint density at radius 2 is 0.920 bits per heavy atom. The first-order valence-corrected chi connectivity index (χ1v) is 14.8. The van der Waals surface area contributed by atoms with Crippen molar-refractivity contribution in [2.75, 3.05) is 0 Å². The third kappa shape index (κ3) is 36.8. The van der Waals surface area contributed by atoms with Gasteiger partial charge in [0.05, 0.1) is 0 Å². The fourth-order valence-corrected chi connectivity index (χ4v) is 9.96. The molecule has 0 aliphatic carbocycles. The molecule has 150 valence electrons. The number of hydrogen-bond acceptors (Lipinski definition) is 0. The Kier molecular flexibility index (Phi) is 40.6. The van der Waals surface area contributed by atoms with Crippen LogP contribution in [0.5, 0.6) is 0 Å². The average Bonchev–Trinajstić information content (AvgIpc) is 2.37. The maximum Gasteiger partial charge on any atom is 0.364 e. The summed E-state index contributed by atoms with van der Waals surface area (Å²) in [6.07, 6.45) is 5.80. The molecule has 0 saturated carbocycles. The molecular weight excluding hydrogens is 336 g/mol. The van der Waals surface area contributed by atoms with E-state index in [0.717, 1.165) is 17.8 Å². The lowest BCUT2D eigenvalue weighted by Gasteiger charge is -2.17. The summed E-state index contributed by atoms with van der Waals surface area (Å²) in [4.78, 5) is 0. The van der Waals surface area contributed by atoms with Crippen molar-refractivity contribution < 1.29 is 11.0 Å². The average molecular weight is 385 g/mol. The highest BCUT2D eigenvalue weighted by Crippen LogP contribution is 2.21. The molecule has 0 fully saturated rings. The predicted molar refractivity (Wildman–Crippen MR) is 120 cm³/mol. The molecule has 0 aromatic rings. The lowest BCUT2D eigenvalue weighted by molar-refractivity contribution is 0.659. The Morgan fingerprint density at radius 3 is 1.12 bits per heavy atom. The summed E-state index contributed by atoms with van der Waals surface area (Å²) < 4.78 is 3.19. The number of hydrogen-bond donors (Lipinski definition) is 0. The highest BCUT2D eigenvalue weighted by atomic mass is 27.2. The molecule has 0 spiro atoms. The fourth-order valence-electron chi connectivity index (χ4n) is 3.32. The quantitative estimate of drug-likeness (QED) is 0.292. The van der Waals surface area contributed by atoms with Crippen LogP contribution >= 0.6 is 0 Å². The summed E-state index contributed by atoms with van der Waals surface area (Å²) in [5, 5.41) is 4.66. The predicted octanol–water partition coefficient (Wildman–Crippen LogP) is 6.01. The van der Waals surface area contributed by atoms with Gasteiger partial charge >= 0.3 is 20.4 Å². The van der Waals surface area contributed by atoms with E-state index in [1.54, 1.807) is 24.9 Å². The van der Waals surface area contributed by atoms with Crippen LogP contribution in [-0.2, 0) is 0 Å². The molecular formula is C21H49AlMgO2. The van der Waals surface area contributed by atoms with Crippen molar-refractivity contribution in [2.24, 2.45) is 17.8 Å². The molecule has 4 N–H and O–H groups in total. The summed E-state index contributed by atoms with van der Waals surface area (Å²) in [7, 11) is 0. The zero-order chi connectivity index (χ0) is 17.4. The van der Waals surface area contributed by atoms with Crippen LogP contribution in [0.2, 0.25) is 24.9 Å². The van der Waals surface area contributed by atoms with Gasteiger partial charge in [0.2, 0.25) is 0 Å². The lowest BCUT2D eigenvalue weighted by atomic mass is 10.2. The van der Waals surface area contributed by atoms with E-state index in [9.17, 15) is 0 Å². The van der Waals surface area contributed by atoms with Crippen molar-refractivity contribution in [3.63, 3.8) is 0 Å². The van der Waals surface area contributed by atoms with Gasteiger partial charge in [0.25, 0.3) is 14.1 Å². The van der Waals surface area contributed by atoms with Crippen molar-refractivity contribution in [3.8, 4) is 0 Å². The standard InChI is InChI=1S/5C4H9.C.Al.Mg.2H2O/c3*1-4(2)3;2*1-3-4-2;;;;;/h3*4H,1H2,2-3H3;2*1,3-4H2,2H3;;;;2*1H2. The van der Waals surface area contributed by atoms with Crippen molar-refractivity contribution >= 4 is 34.5 Å². The van der Waals surface area contributed by atoms with Gasteiger partial charge in [0.15, 0.2) is 0 Å². The number of rotatable bonds is 12. The van der Waals surface area contributed by atoms with E-state index < -0.39 is 14.1 Å². The monoisotopic (exact) mass is 384 g/mol. The summed E-state index contributed by atoms with van der Waals surface area (Å²) in [6, 6.07) is 0. The topological polar surface area (TPSA) is 63.0 Å². The van der Waals surface area contributed by atoms with Crippen molar-refractivity contribution in [2.45, 2.75) is 106 Å². The van der Waals surface area contributed by atoms with E-state index in [1.807, 2.05) is 0 Å². The summed E-state index contributed by atoms with van der Waals surface area (Å²) >= 11 is -0.0181. The molecule has 0 aliphatic heterocycles. The van der Waals surface area contributed by atoms with Gasteiger partial charge in [-0.05, 0) is 0 Å². The van der Waals surface area contributed by atoms with Crippen LogP contribution in [0.1, 0.15) is 81.1 Å². The Bertz CT molecular complexity index is 182. The first-order chi connectivity index (χ1) is 10.3. The second-order valence-corrected chi connectivity index (χ2v) is 13.8. The molecule has 0 aromatic heterocycles. The molecule has 4 radical (unpaired) electrons. The van der Waals surface area contributed by atoms with Crippen LogP contribution in [0.3, 0.4) is 0 Å². The summed E-state index contributed by atoms with van der Waals surface area (Å²) in [5.41, 5.74) is 0. The van der Waals surface area contributed by atoms with Gasteiger partial charge in [0, 0.05) is 7.43 Å². The minimum absolute atomic E-state index is 0. The van der Waals surface area contributed by atoms with Gasteiger partial charge in [-0.15, -0.1) is 9.10 Å². The van der Waals surface area contributed by atoms with Crippen LogP contribution in [-0.4, -0.2) is 45.5 Å². The van der Waals surface area contributed by atoms with Gasteiger partial charge < -0.3 is 11.0 Å². The molecule has 0 heterocycles. The molecule has 0 atom stereocenters. The number of unbranched alkanes of at least 4 members (excludes halogenated alkanes) is 2. The van der Waals surface area contributed by atoms with Gasteiger partial charge in [-0.1, -0.05) is 115 Å². The van der Waals surface area contributed by atoms with Crippen LogP contribution in [0.15, 0.2) is 0 Å². The summed E-state index contributed by atoms with van der Waals surface area (Å²) in [6.45, 7) is 18.8. The van der Waals surface area contributed by atoms with Gasteiger partial charge in [-0.2, -0.15) is 0 Å². The minimum atomic E-state index is -0.407. The Hall–Kier alpha value is 1.22. The molecule has 0 bridgehead atoms. The molecule has 0 aliphatic rings.